The average molecular weight is 216 g/mol. The summed E-state index contributed by atoms with van der Waals surface area (Å²) in [6.45, 7) is 5.72. The summed E-state index contributed by atoms with van der Waals surface area (Å²) >= 11 is 0. The number of aliphatic hydroxyl groups excluding tert-OH is 1. The Kier molecular flexibility index (Phi) is 6.96. The van der Waals surface area contributed by atoms with E-state index >= 15 is 0 Å². The second-order valence-electron chi connectivity index (χ2n) is 4.01. The average Bonchev–Trinajstić information content (AvgIpc) is 2.16. The molecule has 1 N–H and O–H groups in total. The van der Waals surface area contributed by atoms with Crippen molar-refractivity contribution in [2.45, 2.75) is 33.6 Å². The molecule has 0 rings (SSSR count). The van der Waals surface area contributed by atoms with Crippen molar-refractivity contribution in [2.75, 3.05) is 13.2 Å². The second kappa shape index (κ2) is 7.40. The van der Waals surface area contributed by atoms with E-state index in [0.29, 0.717) is 12.5 Å². The minimum Gasteiger partial charge on any atom is -0.465 e. The lowest BCUT2D eigenvalue weighted by molar-refractivity contribution is -0.151. The molecule has 0 aliphatic heterocycles. The van der Waals surface area contributed by atoms with Gasteiger partial charge in [0, 0.05) is 13.0 Å². The molecule has 0 spiro atoms. The quantitative estimate of drug-likeness (QED) is 0.512. The van der Waals surface area contributed by atoms with Crippen molar-refractivity contribution in [3.63, 3.8) is 0 Å². The molecule has 0 aliphatic carbocycles. The number of Topliss-reactive ketones (excluding diaryl/α,β-unsaturated/α-hetero) is 1. The highest BCUT2D eigenvalue weighted by molar-refractivity contribution is 5.98. The highest BCUT2D eigenvalue weighted by Crippen LogP contribution is 2.05. The van der Waals surface area contributed by atoms with Crippen LogP contribution in [0, 0.1) is 11.8 Å². The molecule has 0 saturated carbocycles. The van der Waals surface area contributed by atoms with E-state index in [1.807, 2.05) is 13.8 Å². The van der Waals surface area contributed by atoms with Gasteiger partial charge in [0.1, 0.15) is 11.7 Å². The number of ketones is 1. The lowest BCUT2D eigenvalue weighted by Gasteiger charge is -2.10. The fraction of sp³-hybridized carbons (Fsp3) is 0.818. The first-order valence-corrected chi connectivity index (χ1v) is 5.29. The first kappa shape index (κ1) is 14.1. The van der Waals surface area contributed by atoms with Crippen molar-refractivity contribution < 1.29 is 19.4 Å². The largest absolute Gasteiger partial charge is 0.465 e. The molecule has 0 amide bonds. The Hall–Kier alpha value is -0.900. The minimum absolute atomic E-state index is 0.0143. The number of esters is 1. The molecule has 0 fully saturated rings. The summed E-state index contributed by atoms with van der Waals surface area (Å²) in [4.78, 5) is 22.5. The summed E-state index contributed by atoms with van der Waals surface area (Å²) in [5, 5.41) is 8.54. The molecule has 0 bridgehead atoms. The van der Waals surface area contributed by atoms with Gasteiger partial charge >= 0.3 is 5.97 Å². The molecule has 1 unspecified atom stereocenters. The van der Waals surface area contributed by atoms with E-state index in [1.54, 1.807) is 0 Å². The highest BCUT2D eigenvalue weighted by Gasteiger charge is 2.21. The van der Waals surface area contributed by atoms with E-state index in [1.165, 1.54) is 6.92 Å². The Balaban J connectivity index is 3.83. The van der Waals surface area contributed by atoms with Gasteiger partial charge in [0.15, 0.2) is 0 Å². The van der Waals surface area contributed by atoms with Gasteiger partial charge in [-0.3, -0.25) is 9.59 Å². The third-order valence-electron chi connectivity index (χ3n) is 2.13. The van der Waals surface area contributed by atoms with Crippen LogP contribution < -0.4 is 0 Å². The zero-order valence-electron chi connectivity index (χ0n) is 9.66. The number of ether oxygens (including phenoxy) is 1. The number of hydrogen-bond acceptors (Lipinski definition) is 4. The Morgan fingerprint density at radius 2 is 1.87 bits per heavy atom. The number of carbonyl (C=O) groups is 2. The minimum atomic E-state index is -0.760. The molecule has 88 valence electrons. The third-order valence-corrected chi connectivity index (χ3v) is 2.13. The number of aliphatic hydroxyl groups is 1. The normalized spacial score (nSPS) is 12.6. The fourth-order valence-electron chi connectivity index (χ4n) is 0.978. The first-order chi connectivity index (χ1) is 6.99. The van der Waals surface area contributed by atoms with Crippen LogP contribution in [0.25, 0.3) is 0 Å². The summed E-state index contributed by atoms with van der Waals surface area (Å²) in [6.07, 6.45) is 0.813. The maximum Gasteiger partial charge on any atom is 0.316 e. The molecule has 1 atom stereocenters. The van der Waals surface area contributed by atoms with Crippen molar-refractivity contribution >= 4 is 11.8 Å². The maximum absolute atomic E-state index is 11.3. The number of carbonyl (C=O) groups excluding carboxylic acids is 2. The predicted molar refractivity (Wildman–Crippen MR) is 56.3 cm³/mol. The van der Waals surface area contributed by atoms with E-state index < -0.39 is 11.9 Å². The maximum atomic E-state index is 11.3. The SMILES string of the molecule is CC(C)CCOC(=O)C(C)C(=O)CCO. The molecule has 0 aromatic carbocycles. The van der Waals surface area contributed by atoms with Gasteiger partial charge in [0.2, 0.25) is 0 Å². The van der Waals surface area contributed by atoms with Crippen LogP contribution in [0.5, 0.6) is 0 Å². The molecular formula is C11H20O4. The smallest absolute Gasteiger partial charge is 0.316 e. The van der Waals surface area contributed by atoms with Crippen LogP contribution in [0.4, 0.5) is 0 Å². The lowest BCUT2D eigenvalue weighted by atomic mass is 10.0. The van der Waals surface area contributed by atoms with Crippen molar-refractivity contribution in [1.82, 2.24) is 0 Å². The molecule has 4 heteroatoms. The van der Waals surface area contributed by atoms with Crippen LogP contribution in [0.1, 0.15) is 33.6 Å². The summed E-state index contributed by atoms with van der Waals surface area (Å²) in [5.41, 5.74) is 0. The molecule has 0 radical (unpaired) electrons. The highest BCUT2D eigenvalue weighted by atomic mass is 16.5. The number of rotatable bonds is 7. The van der Waals surface area contributed by atoms with Crippen LogP contribution in [-0.2, 0) is 14.3 Å². The van der Waals surface area contributed by atoms with Gasteiger partial charge in [-0.15, -0.1) is 0 Å². The van der Waals surface area contributed by atoms with Crippen LogP contribution in [0.2, 0.25) is 0 Å². The van der Waals surface area contributed by atoms with E-state index in [-0.39, 0.29) is 18.8 Å². The van der Waals surface area contributed by atoms with Gasteiger partial charge in [-0.25, -0.2) is 0 Å². The van der Waals surface area contributed by atoms with E-state index in [4.69, 9.17) is 9.84 Å². The summed E-state index contributed by atoms with van der Waals surface area (Å²) in [6, 6.07) is 0. The molecule has 0 aromatic rings. The zero-order chi connectivity index (χ0) is 11.8. The van der Waals surface area contributed by atoms with Gasteiger partial charge in [-0.05, 0) is 19.3 Å². The van der Waals surface area contributed by atoms with Crippen LogP contribution >= 0.6 is 0 Å². The van der Waals surface area contributed by atoms with Crippen molar-refractivity contribution in [3.05, 3.63) is 0 Å². The van der Waals surface area contributed by atoms with Crippen molar-refractivity contribution in [2.24, 2.45) is 11.8 Å². The fourth-order valence-corrected chi connectivity index (χ4v) is 0.978. The molecule has 15 heavy (non-hydrogen) atoms. The van der Waals surface area contributed by atoms with Gasteiger partial charge in [-0.1, -0.05) is 13.8 Å². The van der Waals surface area contributed by atoms with Crippen molar-refractivity contribution in [3.8, 4) is 0 Å². The standard InChI is InChI=1S/C11H20O4/c1-8(2)5-7-15-11(14)9(3)10(13)4-6-12/h8-9,12H,4-7H2,1-3H3. The van der Waals surface area contributed by atoms with E-state index in [9.17, 15) is 9.59 Å². The Morgan fingerprint density at radius 3 is 2.33 bits per heavy atom. The zero-order valence-corrected chi connectivity index (χ0v) is 9.66. The Bertz CT molecular complexity index is 211. The lowest BCUT2D eigenvalue weighted by Crippen LogP contribution is -2.24. The van der Waals surface area contributed by atoms with E-state index in [2.05, 4.69) is 0 Å². The van der Waals surface area contributed by atoms with Gasteiger partial charge < -0.3 is 9.84 Å². The molecule has 0 aliphatic rings. The summed E-state index contributed by atoms with van der Waals surface area (Å²) < 4.78 is 4.94. The predicted octanol–water partition coefficient (Wildman–Crippen LogP) is 1.16. The summed E-state index contributed by atoms with van der Waals surface area (Å²) in [7, 11) is 0. The van der Waals surface area contributed by atoms with E-state index in [0.717, 1.165) is 6.42 Å². The Labute approximate surface area is 90.6 Å². The van der Waals surface area contributed by atoms with Gasteiger partial charge in [0.05, 0.1) is 6.61 Å². The molecule has 0 saturated heterocycles. The third kappa shape index (κ3) is 6.23. The molecule has 4 nitrogen and oxygen atoms in total. The van der Waals surface area contributed by atoms with Gasteiger partial charge in [0.25, 0.3) is 0 Å². The van der Waals surface area contributed by atoms with Gasteiger partial charge in [-0.2, -0.15) is 0 Å². The molecule has 0 aromatic heterocycles. The number of hydrogen-bond donors (Lipinski definition) is 1. The molecular weight excluding hydrogens is 196 g/mol. The molecule has 0 heterocycles. The summed E-state index contributed by atoms with van der Waals surface area (Å²) in [5.74, 6) is -1.05. The first-order valence-electron chi connectivity index (χ1n) is 5.29. The Morgan fingerprint density at radius 1 is 1.27 bits per heavy atom. The van der Waals surface area contributed by atoms with Crippen LogP contribution in [0.3, 0.4) is 0 Å². The van der Waals surface area contributed by atoms with Crippen molar-refractivity contribution in [1.29, 1.82) is 0 Å². The van der Waals surface area contributed by atoms with Crippen LogP contribution in [0.15, 0.2) is 0 Å². The monoisotopic (exact) mass is 216 g/mol. The topological polar surface area (TPSA) is 63.6 Å². The second-order valence-corrected chi connectivity index (χ2v) is 4.01. The van der Waals surface area contributed by atoms with Crippen LogP contribution in [-0.4, -0.2) is 30.1 Å².